The van der Waals surface area contributed by atoms with Gasteiger partial charge in [0.25, 0.3) is 0 Å². The Hall–Kier alpha value is -1.71. The predicted molar refractivity (Wildman–Crippen MR) is 65.2 cm³/mol. The zero-order valence-electron chi connectivity index (χ0n) is 10.8. The van der Waals surface area contributed by atoms with Crippen molar-refractivity contribution >= 4 is 5.97 Å². The number of hydrogen-bond acceptors (Lipinski definition) is 3. The van der Waals surface area contributed by atoms with E-state index in [-0.39, 0.29) is 11.0 Å². The number of carboxylic acids is 1. The van der Waals surface area contributed by atoms with Crippen molar-refractivity contribution in [3.05, 3.63) is 23.3 Å². The Bertz CT molecular complexity index is 405. The Balaban J connectivity index is 3.50. The van der Waals surface area contributed by atoms with E-state index in [1.165, 1.54) is 14.2 Å². The van der Waals surface area contributed by atoms with Crippen molar-refractivity contribution in [3.63, 3.8) is 0 Å². The average Bonchev–Trinajstić information content (AvgIpc) is 2.25. The highest BCUT2D eigenvalue weighted by molar-refractivity contribution is 5.94. The molecule has 0 aliphatic carbocycles. The number of rotatable bonds is 3. The fraction of sp³-hybridized carbons (Fsp3) is 0.462. The van der Waals surface area contributed by atoms with Gasteiger partial charge in [-0.05, 0) is 23.1 Å². The van der Waals surface area contributed by atoms with Crippen LogP contribution in [-0.2, 0) is 5.41 Å². The molecule has 0 atom stereocenters. The monoisotopic (exact) mass is 238 g/mol. The van der Waals surface area contributed by atoms with Crippen molar-refractivity contribution in [3.8, 4) is 11.5 Å². The first-order valence-corrected chi connectivity index (χ1v) is 5.31. The van der Waals surface area contributed by atoms with Gasteiger partial charge in [0.15, 0.2) is 0 Å². The number of ether oxygens (including phenoxy) is 2. The molecule has 0 bridgehead atoms. The molecule has 0 fully saturated rings. The number of benzene rings is 1. The standard InChI is InChI=1S/C13H18O4/c1-13(2,3)8-6-9(16-4)11(12(14)15)10(7-8)17-5/h6-7H,1-5H3,(H,14,15). The van der Waals surface area contributed by atoms with Crippen molar-refractivity contribution in [2.75, 3.05) is 14.2 Å². The molecule has 4 heteroatoms. The maximum atomic E-state index is 11.2. The molecule has 0 aliphatic rings. The fourth-order valence-electron chi connectivity index (χ4n) is 1.56. The van der Waals surface area contributed by atoms with Crippen LogP contribution in [0.2, 0.25) is 0 Å². The van der Waals surface area contributed by atoms with Crippen LogP contribution in [-0.4, -0.2) is 25.3 Å². The van der Waals surface area contributed by atoms with Gasteiger partial charge in [-0.3, -0.25) is 0 Å². The van der Waals surface area contributed by atoms with Crippen LogP contribution < -0.4 is 9.47 Å². The fourth-order valence-corrected chi connectivity index (χ4v) is 1.56. The van der Waals surface area contributed by atoms with Crippen LogP contribution in [0.4, 0.5) is 0 Å². The first kappa shape index (κ1) is 13.4. The quantitative estimate of drug-likeness (QED) is 0.879. The first-order valence-electron chi connectivity index (χ1n) is 5.31. The Morgan fingerprint density at radius 2 is 1.53 bits per heavy atom. The number of carbonyl (C=O) groups is 1. The van der Waals surface area contributed by atoms with E-state index in [1.807, 2.05) is 20.8 Å². The SMILES string of the molecule is COc1cc(C(C)(C)C)cc(OC)c1C(=O)O. The topological polar surface area (TPSA) is 55.8 Å². The second-order valence-corrected chi connectivity index (χ2v) is 4.81. The van der Waals surface area contributed by atoms with Crippen molar-refractivity contribution in [1.29, 1.82) is 0 Å². The van der Waals surface area contributed by atoms with Crippen molar-refractivity contribution in [2.45, 2.75) is 26.2 Å². The highest BCUT2D eigenvalue weighted by Crippen LogP contribution is 2.35. The molecule has 1 aromatic rings. The van der Waals surface area contributed by atoms with Crippen molar-refractivity contribution in [2.24, 2.45) is 0 Å². The summed E-state index contributed by atoms with van der Waals surface area (Å²) in [5.41, 5.74) is 0.927. The van der Waals surface area contributed by atoms with E-state index in [1.54, 1.807) is 12.1 Å². The van der Waals surface area contributed by atoms with E-state index >= 15 is 0 Å². The van der Waals surface area contributed by atoms with Crippen LogP contribution in [0.5, 0.6) is 11.5 Å². The largest absolute Gasteiger partial charge is 0.496 e. The lowest BCUT2D eigenvalue weighted by Crippen LogP contribution is -2.13. The Labute approximate surface area is 101 Å². The molecule has 0 amide bonds. The third kappa shape index (κ3) is 2.70. The molecule has 4 nitrogen and oxygen atoms in total. The van der Waals surface area contributed by atoms with Gasteiger partial charge in [0, 0.05) is 0 Å². The number of hydrogen-bond donors (Lipinski definition) is 1. The van der Waals surface area contributed by atoms with Gasteiger partial charge in [-0.25, -0.2) is 4.79 Å². The molecule has 94 valence electrons. The lowest BCUT2D eigenvalue weighted by atomic mass is 9.86. The van der Waals surface area contributed by atoms with Gasteiger partial charge in [-0.1, -0.05) is 20.8 Å². The first-order chi connectivity index (χ1) is 7.81. The third-order valence-electron chi connectivity index (χ3n) is 2.59. The normalized spacial score (nSPS) is 11.1. The highest BCUT2D eigenvalue weighted by Gasteiger charge is 2.23. The van der Waals surface area contributed by atoms with E-state index < -0.39 is 5.97 Å². The molecule has 0 radical (unpaired) electrons. The summed E-state index contributed by atoms with van der Waals surface area (Å²) in [6, 6.07) is 3.48. The zero-order valence-corrected chi connectivity index (χ0v) is 10.8. The van der Waals surface area contributed by atoms with Crippen molar-refractivity contribution in [1.82, 2.24) is 0 Å². The maximum absolute atomic E-state index is 11.2. The predicted octanol–water partition coefficient (Wildman–Crippen LogP) is 2.70. The third-order valence-corrected chi connectivity index (χ3v) is 2.59. The zero-order chi connectivity index (χ0) is 13.2. The average molecular weight is 238 g/mol. The van der Waals surface area contributed by atoms with Gasteiger partial charge in [-0.15, -0.1) is 0 Å². The lowest BCUT2D eigenvalue weighted by Gasteiger charge is -2.22. The molecule has 0 saturated carbocycles. The van der Waals surface area contributed by atoms with E-state index in [2.05, 4.69) is 0 Å². The van der Waals surface area contributed by atoms with Crippen LogP contribution in [0.1, 0.15) is 36.7 Å². The summed E-state index contributed by atoms with van der Waals surface area (Å²) < 4.78 is 10.2. The second kappa shape index (κ2) is 4.65. The van der Waals surface area contributed by atoms with Gasteiger partial charge in [0.1, 0.15) is 17.1 Å². The number of aromatic carboxylic acids is 1. The molecule has 0 aliphatic heterocycles. The molecule has 1 aromatic carbocycles. The molecule has 0 spiro atoms. The highest BCUT2D eigenvalue weighted by atomic mass is 16.5. The van der Waals surface area contributed by atoms with Gasteiger partial charge in [0.05, 0.1) is 14.2 Å². The van der Waals surface area contributed by atoms with Crippen LogP contribution in [0.25, 0.3) is 0 Å². The molecule has 0 unspecified atom stereocenters. The summed E-state index contributed by atoms with van der Waals surface area (Å²) in [5, 5.41) is 9.14. The molecular formula is C13H18O4. The second-order valence-electron chi connectivity index (χ2n) is 4.81. The van der Waals surface area contributed by atoms with Crippen LogP contribution in [0, 0.1) is 0 Å². The summed E-state index contributed by atoms with van der Waals surface area (Å²) in [7, 11) is 2.90. The molecule has 0 heterocycles. The van der Waals surface area contributed by atoms with E-state index in [9.17, 15) is 4.79 Å². The minimum absolute atomic E-state index is 0.0583. The van der Waals surface area contributed by atoms with Gasteiger partial charge in [0.2, 0.25) is 0 Å². The van der Waals surface area contributed by atoms with Gasteiger partial charge >= 0.3 is 5.97 Å². The lowest BCUT2D eigenvalue weighted by molar-refractivity contribution is 0.0689. The molecule has 1 rings (SSSR count). The van der Waals surface area contributed by atoms with E-state index in [0.29, 0.717) is 11.5 Å². The minimum Gasteiger partial charge on any atom is -0.496 e. The summed E-state index contributed by atoms with van der Waals surface area (Å²) in [5.74, 6) is -0.414. The summed E-state index contributed by atoms with van der Waals surface area (Å²) in [6.07, 6.45) is 0. The molecule has 0 saturated heterocycles. The smallest absolute Gasteiger partial charge is 0.343 e. The Kier molecular flexibility index (Phi) is 3.66. The molecule has 1 N–H and O–H groups in total. The number of methoxy groups -OCH3 is 2. The summed E-state index contributed by atoms with van der Waals surface area (Å²) in [6.45, 7) is 6.13. The summed E-state index contributed by atoms with van der Waals surface area (Å²) in [4.78, 5) is 11.2. The van der Waals surface area contributed by atoms with Crippen LogP contribution >= 0.6 is 0 Å². The van der Waals surface area contributed by atoms with E-state index in [4.69, 9.17) is 14.6 Å². The van der Waals surface area contributed by atoms with E-state index in [0.717, 1.165) is 5.56 Å². The summed E-state index contributed by atoms with van der Waals surface area (Å²) >= 11 is 0. The number of carboxylic acid groups (broad SMARTS) is 1. The van der Waals surface area contributed by atoms with Gasteiger partial charge < -0.3 is 14.6 Å². The van der Waals surface area contributed by atoms with Crippen LogP contribution in [0.3, 0.4) is 0 Å². The minimum atomic E-state index is -1.06. The van der Waals surface area contributed by atoms with Gasteiger partial charge in [-0.2, -0.15) is 0 Å². The Morgan fingerprint density at radius 3 is 1.76 bits per heavy atom. The molecule has 17 heavy (non-hydrogen) atoms. The Morgan fingerprint density at radius 1 is 1.12 bits per heavy atom. The van der Waals surface area contributed by atoms with Crippen molar-refractivity contribution < 1.29 is 19.4 Å². The molecule has 0 aromatic heterocycles. The van der Waals surface area contributed by atoms with Crippen LogP contribution in [0.15, 0.2) is 12.1 Å². The molecular weight excluding hydrogens is 220 g/mol. The maximum Gasteiger partial charge on any atom is 0.343 e.